The number of hydrogen-bond donors (Lipinski definition) is 2. The Morgan fingerprint density at radius 1 is 1.47 bits per heavy atom. The van der Waals surface area contributed by atoms with Crippen molar-refractivity contribution in [3.63, 3.8) is 0 Å². The number of benzene rings is 1. The highest BCUT2D eigenvalue weighted by Gasteiger charge is 2.32. The van der Waals surface area contributed by atoms with E-state index in [0.29, 0.717) is 36.3 Å². The molecule has 1 aliphatic rings. The normalized spacial score (nSPS) is 17.4. The number of nitrogens with zero attached hydrogens (tertiary/aromatic N) is 1. The van der Waals surface area contributed by atoms with Gasteiger partial charge in [0.25, 0.3) is 0 Å². The second-order valence-electron chi connectivity index (χ2n) is 4.74. The quantitative estimate of drug-likeness (QED) is 0.889. The van der Waals surface area contributed by atoms with E-state index in [1.54, 1.807) is 18.2 Å². The molecule has 1 unspecified atom stereocenters. The van der Waals surface area contributed by atoms with Crippen molar-refractivity contribution in [2.75, 3.05) is 0 Å². The van der Waals surface area contributed by atoms with Gasteiger partial charge < -0.3 is 10.1 Å². The van der Waals surface area contributed by atoms with E-state index in [2.05, 4.69) is 9.97 Å². The van der Waals surface area contributed by atoms with Gasteiger partial charge in [-0.3, -0.25) is 4.79 Å². The summed E-state index contributed by atoms with van der Waals surface area (Å²) in [6.45, 7) is 0. The summed E-state index contributed by atoms with van der Waals surface area (Å²) in [5.74, 6) is -1.02. The number of nitrogens with one attached hydrogen (secondary N) is 1. The van der Waals surface area contributed by atoms with E-state index in [4.69, 9.17) is 5.11 Å². The van der Waals surface area contributed by atoms with Crippen LogP contribution in [0.25, 0.3) is 0 Å². The van der Waals surface area contributed by atoms with Gasteiger partial charge in [0.05, 0.1) is 5.69 Å². The highest BCUT2D eigenvalue weighted by atomic mass is 19.1. The Kier molecular flexibility index (Phi) is 2.81. The van der Waals surface area contributed by atoms with Gasteiger partial charge in [-0.15, -0.1) is 0 Å². The minimum Gasteiger partial charge on any atom is -0.481 e. The second-order valence-corrected chi connectivity index (χ2v) is 4.74. The van der Waals surface area contributed by atoms with Crippen molar-refractivity contribution < 1.29 is 14.3 Å². The van der Waals surface area contributed by atoms with Gasteiger partial charge in [-0.2, -0.15) is 0 Å². The first-order valence-electron chi connectivity index (χ1n) is 6.19. The summed E-state index contributed by atoms with van der Waals surface area (Å²) in [6.07, 6.45) is 1.63. The molecule has 0 bridgehead atoms. The zero-order valence-corrected chi connectivity index (χ0v) is 10.2. The van der Waals surface area contributed by atoms with Gasteiger partial charge >= 0.3 is 5.97 Å². The number of rotatable bonds is 3. The van der Waals surface area contributed by atoms with Crippen molar-refractivity contribution in [2.24, 2.45) is 0 Å². The molecule has 0 aliphatic heterocycles. The maximum absolute atomic E-state index is 13.5. The Labute approximate surface area is 109 Å². The number of carbonyl (C=O) groups is 1. The first-order chi connectivity index (χ1) is 9.15. The Morgan fingerprint density at radius 3 is 3.00 bits per heavy atom. The molecule has 1 aromatic heterocycles. The zero-order valence-electron chi connectivity index (χ0n) is 10.2. The fourth-order valence-electron chi connectivity index (χ4n) is 2.53. The summed E-state index contributed by atoms with van der Waals surface area (Å²) in [5, 5.41) is 9.09. The minimum atomic E-state index is -0.845. The van der Waals surface area contributed by atoms with Crippen LogP contribution in [0.2, 0.25) is 0 Å². The predicted molar refractivity (Wildman–Crippen MR) is 66.5 cm³/mol. The van der Waals surface area contributed by atoms with Gasteiger partial charge in [0.15, 0.2) is 0 Å². The molecule has 4 nitrogen and oxygen atoms in total. The van der Waals surface area contributed by atoms with E-state index in [1.807, 2.05) is 0 Å². The molecule has 0 spiro atoms. The van der Waals surface area contributed by atoms with Crippen LogP contribution in [0, 0.1) is 5.82 Å². The number of aromatic nitrogens is 2. The van der Waals surface area contributed by atoms with E-state index < -0.39 is 11.9 Å². The number of aliphatic carboxylic acids is 1. The third kappa shape index (κ3) is 2.12. The lowest BCUT2D eigenvalue weighted by Crippen LogP contribution is -2.08. The third-order valence-corrected chi connectivity index (χ3v) is 3.49. The number of hydrogen-bond acceptors (Lipinski definition) is 2. The number of halogens is 1. The average molecular weight is 260 g/mol. The molecular formula is C14H13FN2O2. The molecule has 3 rings (SSSR count). The second kappa shape index (κ2) is 4.50. The lowest BCUT2D eigenvalue weighted by molar-refractivity contribution is -0.138. The van der Waals surface area contributed by atoms with Crippen LogP contribution in [0.5, 0.6) is 0 Å². The van der Waals surface area contributed by atoms with E-state index in [-0.39, 0.29) is 5.82 Å². The van der Waals surface area contributed by atoms with Crippen LogP contribution in [0.3, 0.4) is 0 Å². The number of imidazole rings is 1. The summed E-state index contributed by atoms with van der Waals surface area (Å²) in [4.78, 5) is 18.5. The zero-order chi connectivity index (χ0) is 13.4. The molecule has 2 aromatic rings. The molecule has 0 radical (unpaired) electrons. The van der Waals surface area contributed by atoms with Gasteiger partial charge in [-0.05, 0) is 24.5 Å². The number of H-pyrrole nitrogens is 1. The van der Waals surface area contributed by atoms with Gasteiger partial charge in [0, 0.05) is 12.1 Å². The Hall–Kier alpha value is -2.17. The molecule has 1 aromatic carbocycles. The number of aryl methyl sites for hydroxylation is 1. The molecule has 0 fully saturated rings. The van der Waals surface area contributed by atoms with Gasteiger partial charge in [-0.1, -0.05) is 18.2 Å². The van der Waals surface area contributed by atoms with Crippen molar-refractivity contribution >= 4 is 5.97 Å². The molecule has 0 saturated heterocycles. The van der Waals surface area contributed by atoms with Crippen LogP contribution in [0.4, 0.5) is 4.39 Å². The number of fused-ring (bicyclic) bond motifs is 1. The SMILES string of the molecule is O=C(O)C1CCc2[nH]c(Cc3ccccc3F)nc21. The van der Waals surface area contributed by atoms with Gasteiger partial charge in [0.1, 0.15) is 17.6 Å². The van der Waals surface area contributed by atoms with Crippen LogP contribution >= 0.6 is 0 Å². The Balaban J connectivity index is 1.87. The molecule has 19 heavy (non-hydrogen) atoms. The lowest BCUT2D eigenvalue weighted by atomic mass is 10.1. The van der Waals surface area contributed by atoms with Crippen LogP contribution in [0.15, 0.2) is 24.3 Å². The molecule has 2 N–H and O–H groups in total. The van der Waals surface area contributed by atoms with Crippen LogP contribution < -0.4 is 0 Å². The van der Waals surface area contributed by atoms with E-state index >= 15 is 0 Å². The lowest BCUT2D eigenvalue weighted by Gasteiger charge is -2.02. The van der Waals surface area contributed by atoms with E-state index in [1.165, 1.54) is 6.07 Å². The number of carboxylic acid groups (broad SMARTS) is 1. The molecule has 0 amide bonds. The highest BCUT2D eigenvalue weighted by molar-refractivity contribution is 5.76. The fraction of sp³-hybridized carbons (Fsp3) is 0.286. The van der Waals surface area contributed by atoms with Crippen LogP contribution in [0.1, 0.15) is 35.1 Å². The maximum atomic E-state index is 13.5. The predicted octanol–water partition coefficient (Wildman–Crippen LogP) is 2.25. The average Bonchev–Trinajstić information content (AvgIpc) is 2.91. The molecule has 1 heterocycles. The molecule has 1 atom stereocenters. The summed E-state index contributed by atoms with van der Waals surface area (Å²) in [5.41, 5.74) is 2.04. The number of aromatic amines is 1. The molecular weight excluding hydrogens is 247 g/mol. The Morgan fingerprint density at radius 2 is 2.26 bits per heavy atom. The molecule has 1 aliphatic carbocycles. The van der Waals surface area contributed by atoms with Crippen molar-refractivity contribution in [2.45, 2.75) is 25.2 Å². The first kappa shape index (κ1) is 11.9. The smallest absolute Gasteiger partial charge is 0.312 e. The third-order valence-electron chi connectivity index (χ3n) is 3.49. The van der Waals surface area contributed by atoms with Crippen LogP contribution in [-0.4, -0.2) is 21.0 Å². The monoisotopic (exact) mass is 260 g/mol. The topological polar surface area (TPSA) is 66.0 Å². The molecule has 98 valence electrons. The Bertz CT molecular complexity index is 636. The summed E-state index contributed by atoms with van der Waals surface area (Å²) >= 11 is 0. The molecule has 0 saturated carbocycles. The van der Waals surface area contributed by atoms with E-state index in [9.17, 15) is 9.18 Å². The van der Waals surface area contributed by atoms with E-state index in [0.717, 1.165) is 5.69 Å². The van der Waals surface area contributed by atoms with Gasteiger partial charge in [0.2, 0.25) is 0 Å². The standard InChI is InChI=1S/C14H13FN2O2/c15-10-4-2-1-3-8(10)7-12-16-11-6-5-9(14(18)19)13(11)17-12/h1-4,9H,5-7H2,(H,16,17)(H,18,19). The largest absolute Gasteiger partial charge is 0.481 e. The summed E-state index contributed by atoms with van der Waals surface area (Å²) in [7, 11) is 0. The fourth-order valence-corrected chi connectivity index (χ4v) is 2.53. The summed E-state index contributed by atoms with van der Waals surface area (Å²) in [6, 6.07) is 6.53. The minimum absolute atomic E-state index is 0.270. The summed E-state index contributed by atoms with van der Waals surface area (Å²) < 4.78 is 13.5. The van der Waals surface area contributed by atoms with Crippen molar-refractivity contribution in [1.82, 2.24) is 9.97 Å². The van der Waals surface area contributed by atoms with Crippen molar-refractivity contribution in [1.29, 1.82) is 0 Å². The van der Waals surface area contributed by atoms with Crippen molar-refractivity contribution in [3.05, 3.63) is 52.9 Å². The highest BCUT2D eigenvalue weighted by Crippen LogP contribution is 2.31. The number of carboxylic acids is 1. The maximum Gasteiger partial charge on any atom is 0.312 e. The van der Waals surface area contributed by atoms with Gasteiger partial charge in [-0.25, -0.2) is 9.37 Å². The first-order valence-corrected chi connectivity index (χ1v) is 6.19. The van der Waals surface area contributed by atoms with Crippen molar-refractivity contribution in [3.8, 4) is 0 Å². The molecule has 5 heteroatoms. The van der Waals surface area contributed by atoms with Crippen LogP contribution in [-0.2, 0) is 17.6 Å².